The van der Waals surface area contributed by atoms with E-state index in [0.29, 0.717) is 0 Å². The van der Waals surface area contributed by atoms with Crippen LogP contribution in [0.3, 0.4) is 0 Å². The normalized spacial score (nSPS) is 10.6. The second kappa shape index (κ2) is 4.26. The lowest BCUT2D eigenvalue weighted by atomic mass is 10.2. The molecule has 0 fully saturated rings. The predicted molar refractivity (Wildman–Crippen MR) is 47.7 cm³/mol. The molecule has 0 aliphatic rings. The lowest BCUT2D eigenvalue weighted by Gasteiger charge is -2.02. The maximum Gasteiger partial charge on any atom is 0.108 e. The Balaban J connectivity index is 2.66. The largest absolute Gasteiger partial charge is 0.390 e. The molecule has 0 spiro atoms. The van der Waals surface area contributed by atoms with Gasteiger partial charge in [0.1, 0.15) is 5.82 Å². The molecular formula is C9H16N2O. The second-order valence-corrected chi connectivity index (χ2v) is 2.99. The van der Waals surface area contributed by atoms with Crippen LogP contribution in [0.1, 0.15) is 31.3 Å². The molecule has 3 heteroatoms. The molecule has 0 atom stereocenters. The predicted octanol–water partition coefficient (Wildman–Crippen LogP) is 1.25. The molecule has 1 N–H and O–H groups in total. The molecule has 0 amide bonds. The molecule has 0 unspecified atom stereocenters. The monoisotopic (exact) mass is 168 g/mol. The number of hydrogen-bond acceptors (Lipinski definition) is 2. The minimum absolute atomic E-state index is 0.0790. The van der Waals surface area contributed by atoms with Gasteiger partial charge in [0.25, 0.3) is 0 Å². The fourth-order valence-corrected chi connectivity index (χ4v) is 1.20. The number of aliphatic hydroxyl groups excluding tert-OH is 1. The Morgan fingerprint density at radius 2 is 2.33 bits per heavy atom. The summed E-state index contributed by atoms with van der Waals surface area (Å²) in [7, 11) is 1.95. The molecule has 0 radical (unpaired) electrons. The van der Waals surface area contributed by atoms with E-state index < -0.39 is 0 Å². The Morgan fingerprint density at radius 1 is 1.58 bits per heavy atom. The molecule has 0 bridgehead atoms. The lowest BCUT2D eigenvalue weighted by Crippen LogP contribution is -2.01. The van der Waals surface area contributed by atoms with Crippen molar-refractivity contribution in [2.24, 2.45) is 7.05 Å². The van der Waals surface area contributed by atoms with Crippen LogP contribution >= 0.6 is 0 Å². The van der Waals surface area contributed by atoms with Crippen molar-refractivity contribution in [1.82, 2.24) is 9.55 Å². The maximum absolute atomic E-state index is 8.90. The van der Waals surface area contributed by atoms with Crippen LogP contribution in [0.4, 0.5) is 0 Å². The third-order valence-corrected chi connectivity index (χ3v) is 2.10. The molecule has 1 aromatic rings. The Labute approximate surface area is 73.1 Å². The third kappa shape index (κ3) is 1.85. The van der Waals surface area contributed by atoms with Gasteiger partial charge in [0.15, 0.2) is 0 Å². The summed E-state index contributed by atoms with van der Waals surface area (Å²) in [5.41, 5.74) is 0.890. The summed E-state index contributed by atoms with van der Waals surface area (Å²) in [6.07, 6.45) is 5.09. The van der Waals surface area contributed by atoms with Gasteiger partial charge >= 0.3 is 0 Å². The van der Waals surface area contributed by atoms with Gasteiger partial charge in [-0.2, -0.15) is 0 Å². The highest BCUT2D eigenvalue weighted by Gasteiger charge is 2.03. The van der Waals surface area contributed by atoms with Crippen molar-refractivity contribution in [3.8, 4) is 0 Å². The van der Waals surface area contributed by atoms with Crippen molar-refractivity contribution in [2.45, 2.75) is 32.8 Å². The van der Waals surface area contributed by atoms with Crippen LogP contribution < -0.4 is 0 Å². The second-order valence-electron chi connectivity index (χ2n) is 2.99. The zero-order valence-electron chi connectivity index (χ0n) is 7.75. The van der Waals surface area contributed by atoms with E-state index in [-0.39, 0.29) is 6.61 Å². The lowest BCUT2D eigenvalue weighted by molar-refractivity contribution is 0.272. The van der Waals surface area contributed by atoms with Crippen LogP contribution in [0.2, 0.25) is 0 Å². The summed E-state index contributed by atoms with van der Waals surface area (Å²) >= 11 is 0. The first-order valence-electron chi connectivity index (χ1n) is 4.40. The van der Waals surface area contributed by atoms with Crippen LogP contribution in [-0.2, 0) is 20.1 Å². The van der Waals surface area contributed by atoms with Crippen molar-refractivity contribution in [3.63, 3.8) is 0 Å². The maximum atomic E-state index is 8.90. The molecule has 0 saturated carbocycles. The van der Waals surface area contributed by atoms with Crippen LogP contribution in [0.5, 0.6) is 0 Å². The number of aryl methyl sites for hydroxylation is 1. The molecule has 0 aromatic carbocycles. The standard InChI is InChI=1S/C9H16N2O/c1-3-4-5-9-10-6-8(7-12)11(9)2/h6,12H,3-5,7H2,1-2H3. The zero-order valence-corrected chi connectivity index (χ0v) is 7.75. The summed E-state index contributed by atoms with van der Waals surface area (Å²) < 4.78 is 1.97. The summed E-state index contributed by atoms with van der Waals surface area (Å²) in [6, 6.07) is 0. The molecule has 12 heavy (non-hydrogen) atoms. The van der Waals surface area contributed by atoms with E-state index in [2.05, 4.69) is 11.9 Å². The van der Waals surface area contributed by atoms with Gasteiger partial charge in [-0.25, -0.2) is 4.98 Å². The van der Waals surface area contributed by atoms with Crippen molar-refractivity contribution >= 4 is 0 Å². The van der Waals surface area contributed by atoms with Gasteiger partial charge in [-0.15, -0.1) is 0 Å². The van der Waals surface area contributed by atoms with Crippen LogP contribution in [0, 0.1) is 0 Å². The summed E-state index contributed by atoms with van der Waals surface area (Å²) in [5.74, 6) is 1.07. The average molecular weight is 168 g/mol. The van der Waals surface area contributed by atoms with Gasteiger partial charge in [0.2, 0.25) is 0 Å². The molecule has 0 aliphatic carbocycles. The minimum atomic E-state index is 0.0790. The number of aromatic nitrogens is 2. The zero-order chi connectivity index (χ0) is 8.97. The number of imidazole rings is 1. The van der Waals surface area contributed by atoms with Crippen molar-refractivity contribution in [2.75, 3.05) is 0 Å². The number of hydrogen-bond donors (Lipinski definition) is 1. The van der Waals surface area contributed by atoms with E-state index in [0.717, 1.165) is 24.4 Å². The smallest absolute Gasteiger partial charge is 0.108 e. The van der Waals surface area contributed by atoms with E-state index in [1.165, 1.54) is 6.42 Å². The Hall–Kier alpha value is -0.830. The van der Waals surface area contributed by atoms with Crippen molar-refractivity contribution < 1.29 is 5.11 Å². The van der Waals surface area contributed by atoms with Crippen LogP contribution in [0.25, 0.3) is 0 Å². The molecule has 1 aromatic heterocycles. The number of nitrogens with zero attached hydrogens (tertiary/aromatic N) is 2. The van der Waals surface area contributed by atoms with Gasteiger partial charge in [-0.1, -0.05) is 13.3 Å². The van der Waals surface area contributed by atoms with Crippen LogP contribution in [0.15, 0.2) is 6.20 Å². The molecule has 0 saturated heterocycles. The summed E-state index contributed by atoms with van der Waals surface area (Å²) in [5, 5.41) is 8.90. The van der Waals surface area contributed by atoms with E-state index in [1.54, 1.807) is 6.20 Å². The van der Waals surface area contributed by atoms with Crippen LogP contribution in [-0.4, -0.2) is 14.7 Å². The van der Waals surface area contributed by atoms with E-state index in [9.17, 15) is 0 Å². The molecular weight excluding hydrogens is 152 g/mol. The minimum Gasteiger partial charge on any atom is -0.390 e. The SMILES string of the molecule is CCCCc1ncc(CO)n1C. The number of rotatable bonds is 4. The summed E-state index contributed by atoms with van der Waals surface area (Å²) in [4.78, 5) is 4.23. The topological polar surface area (TPSA) is 38.1 Å². The molecule has 0 aliphatic heterocycles. The van der Waals surface area contributed by atoms with E-state index in [1.807, 2.05) is 11.6 Å². The molecule has 68 valence electrons. The Bertz CT molecular complexity index is 243. The van der Waals surface area contributed by atoms with Gasteiger partial charge in [-0.3, -0.25) is 0 Å². The Kier molecular flexibility index (Phi) is 3.29. The first-order chi connectivity index (χ1) is 5.79. The third-order valence-electron chi connectivity index (χ3n) is 2.10. The fraction of sp³-hybridized carbons (Fsp3) is 0.667. The molecule has 1 rings (SSSR count). The number of aliphatic hydroxyl groups is 1. The fourth-order valence-electron chi connectivity index (χ4n) is 1.20. The number of unbranched alkanes of at least 4 members (excludes halogenated alkanes) is 1. The van der Waals surface area contributed by atoms with E-state index >= 15 is 0 Å². The first-order valence-corrected chi connectivity index (χ1v) is 4.40. The van der Waals surface area contributed by atoms with Gasteiger partial charge in [0, 0.05) is 13.5 Å². The highest BCUT2D eigenvalue weighted by atomic mass is 16.3. The van der Waals surface area contributed by atoms with Crippen molar-refractivity contribution in [1.29, 1.82) is 0 Å². The highest BCUT2D eigenvalue weighted by Crippen LogP contribution is 2.06. The average Bonchev–Trinajstić information content (AvgIpc) is 2.43. The quantitative estimate of drug-likeness (QED) is 0.735. The van der Waals surface area contributed by atoms with E-state index in [4.69, 9.17) is 5.11 Å². The Morgan fingerprint density at radius 3 is 2.83 bits per heavy atom. The highest BCUT2D eigenvalue weighted by molar-refractivity contribution is 5.03. The van der Waals surface area contributed by atoms with Gasteiger partial charge in [-0.05, 0) is 6.42 Å². The van der Waals surface area contributed by atoms with Gasteiger partial charge in [0.05, 0.1) is 18.5 Å². The van der Waals surface area contributed by atoms with Gasteiger partial charge < -0.3 is 9.67 Å². The summed E-state index contributed by atoms with van der Waals surface area (Å²) in [6.45, 7) is 2.24. The molecule has 3 nitrogen and oxygen atoms in total. The first kappa shape index (κ1) is 9.26. The van der Waals surface area contributed by atoms with Crippen molar-refractivity contribution in [3.05, 3.63) is 17.7 Å². The molecule has 1 heterocycles.